The number of hydrogen-bond acceptors (Lipinski definition) is 3. The van der Waals surface area contributed by atoms with Crippen LogP contribution in [0.1, 0.15) is 38.3 Å². The fourth-order valence-corrected chi connectivity index (χ4v) is 1.82. The molecular weight excluding hydrogens is 270 g/mol. The molecule has 0 unspecified atom stereocenters. The Morgan fingerprint density at radius 3 is 2.48 bits per heavy atom. The third kappa shape index (κ3) is 6.79. The van der Waals surface area contributed by atoms with Crippen LogP contribution >= 0.6 is 0 Å². The highest BCUT2D eigenvalue weighted by Gasteiger charge is 2.22. The maximum atomic E-state index is 12.2. The lowest BCUT2D eigenvalue weighted by atomic mass is 10.1. The molecule has 0 fully saturated rings. The van der Waals surface area contributed by atoms with Crippen LogP contribution in [0, 0.1) is 6.92 Å². The summed E-state index contributed by atoms with van der Waals surface area (Å²) >= 11 is 0. The summed E-state index contributed by atoms with van der Waals surface area (Å²) in [5.74, 6) is -0.937. The highest BCUT2D eigenvalue weighted by molar-refractivity contribution is 5.71. The minimum Gasteiger partial charge on any atom is -0.481 e. The van der Waals surface area contributed by atoms with Gasteiger partial charge in [0.25, 0.3) is 0 Å². The Morgan fingerprint density at radius 1 is 1.29 bits per heavy atom. The minimum absolute atomic E-state index is 0.106. The van der Waals surface area contributed by atoms with Crippen LogP contribution in [0.4, 0.5) is 4.79 Å². The van der Waals surface area contributed by atoms with E-state index in [4.69, 9.17) is 9.84 Å². The molecule has 0 aliphatic heterocycles. The summed E-state index contributed by atoms with van der Waals surface area (Å²) in [5, 5.41) is 8.81. The maximum Gasteiger partial charge on any atom is 0.410 e. The number of carboxylic acid groups (broad SMARTS) is 1. The van der Waals surface area contributed by atoms with Crippen LogP contribution in [-0.2, 0) is 16.1 Å². The lowest BCUT2D eigenvalue weighted by Crippen LogP contribution is -2.37. The highest BCUT2D eigenvalue weighted by Crippen LogP contribution is 2.14. The molecule has 0 atom stereocenters. The number of carboxylic acids is 1. The Balaban J connectivity index is 2.81. The molecule has 0 saturated carbocycles. The van der Waals surface area contributed by atoms with Crippen molar-refractivity contribution >= 4 is 12.1 Å². The van der Waals surface area contributed by atoms with Gasteiger partial charge in [0.05, 0.1) is 6.42 Å². The highest BCUT2D eigenvalue weighted by atomic mass is 16.6. The maximum absolute atomic E-state index is 12.2. The summed E-state index contributed by atoms with van der Waals surface area (Å²) in [5.41, 5.74) is 1.44. The number of amides is 1. The van der Waals surface area contributed by atoms with Crippen LogP contribution in [0.25, 0.3) is 0 Å². The number of aliphatic carboxylic acids is 1. The van der Waals surface area contributed by atoms with Crippen LogP contribution < -0.4 is 0 Å². The number of carbonyl (C=O) groups excluding carboxylic acids is 1. The number of rotatable bonds is 5. The van der Waals surface area contributed by atoms with Crippen molar-refractivity contribution in [2.75, 3.05) is 6.54 Å². The van der Waals surface area contributed by atoms with E-state index in [0.717, 1.165) is 11.1 Å². The number of nitrogens with zero attached hydrogens (tertiary/aromatic N) is 1. The summed E-state index contributed by atoms with van der Waals surface area (Å²) in [7, 11) is 0. The zero-order valence-corrected chi connectivity index (χ0v) is 13.0. The van der Waals surface area contributed by atoms with Gasteiger partial charge in [0.1, 0.15) is 5.60 Å². The second kappa shape index (κ2) is 7.11. The van der Waals surface area contributed by atoms with Gasteiger partial charge in [-0.3, -0.25) is 4.79 Å². The molecule has 5 nitrogen and oxygen atoms in total. The summed E-state index contributed by atoms with van der Waals surface area (Å²) in [6, 6.07) is 7.76. The molecule has 0 radical (unpaired) electrons. The van der Waals surface area contributed by atoms with Gasteiger partial charge in [-0.15, -0.1) is 0 Å². The van der Waals surface area contributed by atoms with Crippen molar-refractivity contribution in [3.8, 4) is 0 Å². The van der Waals surface area contributed by atoms with Crippen molar-refractivity contribution in [3.05, 3.63) is 35.4 Å². The van der Waals surface area contributed by atoms with Crippen LogP contribution in [0.15, 0.2) is 24.3 Å². The number of carbonyl (C=O) groups is 2. The quantitative estimate of drug-likeness (QED) is 0.905. The third-order valence-corrected chi connectivity index (χ3v) is 2.70. The molecule has 5 heteroatoms. The van der Waals surface area contributed by atoms with Gasteiger partial charge in [0.15, 0.2) is 0 Å². The van der Waals surface area contributed by atoms with Crippen LogP contribution in [0.3, 0.4) is 0 Å². The first kappa shape index (κ1) is 17.0. The van der Waals surface area contributed by atoms with E-state index in [0.29, 0.717) is 6.54 Å². The summed E-state index contributed by atoms with van der Waals surface area (Å²) < 4.78 is 5.33. The van der Waals surface area contributed by atoms with Gasteiger partial charge in [0, 0.05) is 13.1 Å². The average Bonchev–Trinajstić information content (AvgIpc) is 2.32. The Kier molecular flexibility index (Phi) is 5.76. The summed E-state index contributed by atoms with van der Waals surface area (Å²) in [4.78, 5) is 24.3. The number of aryl methyl sites for hydroxylation is 1. The lowest BCUT2D eigenvalue weighted by molar-refractivity contribution is -0.137. The number of ether oxygens (including phenoxy) is 1. The van der Waals surface area contributed by atoms with Crippen LogP contribution in [0.2, 0.25) is 0 Å². The van der Waals surface area contributed by atoms with Gasteiger partial charge in [0.2, 0.25) is 0 Å². The molecule has 21 heavy (non-hydrogen) atoms. The first-order valence-corrected chi connectivity index (χ1v) is 6.92. The molecule has 116 valence electrons. The number of benzene rings is 1. The van der Waals surface area contributed by atoms with Gasteiger partial charge in [-0.2, -0.15) is 0 Å². The SMILES string of the molecule is Cc1cccc(CN(CCC(=O)O)C(=O)OC(C)(C)C)c1. The van der Waals surface area contributed by atoms with Gasteiger partial charge in [-0.05, 0) is 33.3 Å². The number of hydrogen-bond donors (Lipinski definition) is 1. The van der Waals surface area contributed by atoms with E-state index in [-0.39, 0.29) is 13.0 Å². The zero-order chi connectivity index (χ0) is 16.0. The monoisotopic (exact) mass is 293 g/mol. The molecule has 1 amide bonds. The van der Waals surface area contributed by atoms with Crippen molar-refractivity contribution < 1.29 is 19.4 Å². The molecule has 1 N–H and O–H groups in total. The summed E-state index contributed by atoms with van der Waals surface area (Å²) in [6.07, 6.45) is -0.601. The van der Waals surface area contributed by atoms with E-state index < -0.39 is 17.7 Å². The van der Waals surface area contributed by atoms with Crippen molar-refractivity contribution in [2.24, 2.45) is 0 Å². The second-order valence-corrected chi connectivity index (χ2v) is 6.03. The molecule has 1 aromatic rings. The Hall–Kier alpha value is -2.04. The topological polar surface area (TPSA) is 66.8 Å². The van der Waals surface area contributed by atoms with Gasteiger partial charge in [-0.1, -0.05) is 29.8 Å². The molecule has 0 aliphatic rings. The molecule has 0 heterocycles. The second-order valence-electron chi connectivity index (χ2n) is 6.03. The van der Waals surface area contributed by atoms with E-state index in [9.17, 15) is 9.59 Å². The molecular formula is C16H23NO4. The molecule has 0 spiro atoms. The largest absolute Gasteiger partial charge is 0.481 e. The predicted molar refractivity (Wildman–Crippen MR) is 80.1 cm³/mol. The van der Waals surface area contributed by atoms with Gasteiger partial charge in [-0.25, -0.2) is 4.79 Å². The van der Waals surface area contributed by atoms with E-state index in [1.54, 1.807) is 20.8 Å². The average molecular weight is 293 g/mol. The van der Waals surface area contributed by atoms with Gasteiger partial charge >= 0.3 is 12.1 Å². The summed E-state index contributed by atoms with van der Waals surface area (Å²) in [6.45, 7) is 7.79. The van der Waals surface area contributed by atoms with Crippen LogP contribution in [-0.4, -0.2) is 34.2 Å². The predicted octanol–water partition coefficient (Wildman–Crippen LogP) is 3.21. The normalized spacial score (nSPS) is 11.0. The zero-order valence-electron chi connectivity index (χ0n) is 13.0. The standard InChI is InChI=1S/C16H23NO4/c1-12-6-5-7-13(10-12)11-17(9-8-14(18)19)15(20)21-16(2,3)4/h5-7,10H,8-9,11H2,1-4H3,(H,18,19). The molecule has 1 aromatic carbocycles. The lowest BCUT2D eigenvalue weighted by Gasteiger charge is -2.27. The third-order valence-electron chi connectivity index (χ3n) is 2.70. The van der Waals surface area contributed by atoms with Crippen molar-refractivity contribution in [1.82, 2.24) is 4.90 Å². The Morgan fingerprint density at radius 2 is 1.95 bits per heavy atom. The fourth-order valence-electron chi connectivity index (χ4n) is 1.82. The minimum atomic E-state index is -0.937. The Labute approximate surface area is 125 Å². The first-order valence-electron chi connectivity index (χ1n) is 6.92. The fraction of sp³-hybridized carbons (Fsp3) is 0.500. The van der Waals surface area contributed by atoms with Crippen LogP contribution in [0.5, 0.6) is 0 Å². The molecule has 0 aliphatic carbocycles. The molecule has 1 rings (SSSR count). The Bertz CT molecular complexity index is 505. The van der Waals surface area contributed by atoms with E-state index in [2.05, 4.69) is 0 Å². The van der Waals surface area contributed by atoms with E-state index in [1.165, 1.54) is 4.90 Å². The molecule has 0 aromatic heterocycles. The van der Waals surface area contributed by atoms with E-state index >= 15 is 0 Å². The smallest absolute Gasteiger partial charge is 0.410 e. The van der Waals surface area contributed by atoms with E-state index in [1.807, 2.05) is 31.2 Å². The molecule has 0 bridgehead atoms. The molecule has 0 saturated heterocycles. The van der Waals surface area contributed by atoms with Gasteiger partial charge < -0.3 is 14.7 Å². The first-order chi connectivity index (χ1) is 9.67. The van der Waals surface area contributed by atoms with Crippen molar-refractivity contribution in [2.45, 2.75) is 46.3 Å². The van der Waals surface area contributed by atoms with Crippen molar-refractivity contribution in [1.29, 1.82) is 0 Å². The van der Waals surface area contributed by atoms with Crippen molar-refractivity contribution in [3.63, 3.8) is 0 Å².